The number of amides is 1. The Balaban J connectivity index is 2.23. The second-order valence-electron chi connectivity index (χ2n) is 5.41. The van der Waals surface area contributed by atoms with Gasteiger partial charge in [0.15, 0.2) is 0 Å². The number of likely N-dealkylation sites (N-methyl/N-ethyl adjacent to an activating group) is 1. The van der Waals surface area contributed by atoms with Gasteiger partial charge in [0.1, 0.15) is 5.82 Å². The number of hydrogen-bond donors (Lipinski definition) is 1. The first kappa shape index (κ1) is 14.8. The molecule has 1 aromatic carbocycles. The van der Waals surface area contributed by atoms with Crippen LogP contribution in [0.15, 0.2) is 18.2 Å². The van der Waals surface area contributed by atoms with Crippen molar-refractivity contribution in [3.8, 4) is 0 Å². The van der Waals surface area contributed by atoms with E-state index in [9.17, 15) is 9.18 Å². The molecule has 0 spiro atoms. The predicted octanol–water partition coefficient (Wildman–Crippen LogP) is 1.96. The number of benzene rings is 1. The molecule has 1 saturated heterocycles. The standard InChI is InChI=1S/C15H22FN3O/c1-3-12-10-18(2)7-4-8-19(12)15(20)11-5-6-14(17)13(16)9-11/h5-6,9,12H,3-4,7-8,10,17H2,1-2H3. The van der Waals surface area contributed by atoms with Crippen molar-refractivity contribution in [1.29, 1.82) is 0 Å². The zero-order chi connectivity index (χ0) is 14.7. The van der Waals surface area contributed by atoms with Crippen LogP contribution in [0.2, 0.25) is 0 Å². The van der Waals surface area contributed by atoms with Gasteiger partial charge in [0, 0.05) is 24.7 Å². The number of nitrogen functional groups attached to an aromatic ring is 1. The van der Waals surface area contributed by atoms with Crippen molar-refractivity contribution in [2.75, 3.05) is 32.4 Å². The van der Waals surface area contributed by atoms with Gasteiger partial charge in [0.25, 0.3) is 5.91 Å². The fraction of sp³-hybridized carbons (Fsp3) is 0.533. The second kappa shape index (κ2) is 6.22. The number of carbonyl (C=O) groups is 1. The molecule has 0 radical (unpaired) electrons. The van der Waals surface area contributed by atoms with E-state index < -0.39 is 5.82 Å². The lowest BCUT2D eigenvalue weighted by Gasteiger charge is -2.30. The van der Waals surface area contributed by atoms with Gasteiger partial charge in [-0.15, -0.1) is 0 Å². The lowest BCUT2D eigenvalue weighted by molar-refractivity contribution is 0.0675. The van der Waals surface area contributed by atoms with Gasteiger partial charge in [0.2, 0.25) is 0 Å². The molecule has 1 atom stereocenters. The van der Waals surface area contributed by atoms with Crippen molar-refractivity contribution in [3.63, 3.8) is 0 Å². The summed E-state index contributed by atoms with van der Waals surface area (Å²) < 4.78 is 13.5. The van der Waals surface area contributed by atoms with E-state index in [-0.39, 0.29) is 17.6 Å². The second-order valence-corrected chi connectivity index (χ2v) is 5.41. The Bertz CT molecular complexity index is 492. The summed E-state index contributed by atoms with van der Waals surface area (Å²) >= 11 is 0. The first-order valence-corrected chi connectivity index (χ1v) is 7.07. The third-order valence-corrected chi connectivity index (χ3v) is 3.88. The van der Waals surface area contributed by atoms with E-state index in [0.717, 1.165) is 25.9 Å². The summed E-state index contributed by atoms with van der Waals surface area (Å²) in [5.41, 5.74) is 5.91. The highest BCUT2D eigenvalue weighted by atomic mass is 19.1. The van der Waals surface area contributed by atoms with Crippen molar-refractivity contribution < 1.29 is 9.18 Å². The Labute approximate surface area is 119 Å². The van der Waals surface area contributed by atoms with Crippen molar-refractivity contribution in [2.24, 2.45) is 0 Å². The van der Waals surface area contributed by atoms with Crippen LogP contribution < -0.4 is 5.73 Å². The van der Waals surface area contributed by atoms with E-state index in [0.29, 0.717) is 12.1 Å². The number of nitrogens with two attached hydrogens (primary N) is 1. The topological polar surface area (TPSA) is 49.6 Å². The molecular weight excluding hydrogens is 257 g/mol. The normalized spacial score (nSPS) is 20.8. The smallest absolute Gasteiger partial charge is 0.254 e. The molecule has 1 heterocycles. The van der Waals surface area contributed by atoms with Crippen LogP contribution in [-0.2, 0) is 0 Å². The summed E-state index contributed by atoms with van der Waals surface area (Å²) in [6, 6.07) is 4.46. The quantitative estimate of drug-likeness (QED) is 0.842. The number of halogens is 1. The summed E-state index contributed by atoms with van der Waals surface area (Å²) in [6.45, 7) is 4.64. The molecule has 1 aromatic rings. The molecule has 20 heavy (non-hydrogen) atoms. The lowest BCUT2D eigenvalue weighted by atomic mass is 10.1. The minimum atomic E-state index is -0.532. The van der Waals surface area contributed by atoms with E-state index in [1.165, 1.54) is 12.1 Å². The zero-order valence-electron chi connectivity index (χ0n) is 12.1. The van der Waals surface area contributed by atoms with Crippen LogP contribution in [0.5, 0.6) is 0 Å². The third kappa shape index (κ3) is 3.10. The molecule has 0 saturated carbocycles. The Morgan fingerprint density at radius 1 is 1.45 bits per heavy atom. The van der Waals surface area contributed by atoms with Gasteiger partial charge in [-0.3, -0.25) is 4.79 Å². The minimum absolute atomic E-state index is 0.0733. The highest BCUT2D eigenvalue weighted by Crippen LogP contribution is 2.18. The molecule has 1 amide bonds. The van der Waals surface area contributed by atoms with Gasteiger partial charge in [-0.05, 0) is 44.6 Å². The van der Waals surface area contributed by atoms with Crippen LogP contribution in [0.3, 0.4) is 0 Å². The monoisotopic (exact) mass is 279 g/mol. The van der Waals surface area contributed by atoms with E-state index in [2.05, 4.69) is 18.9 Å². The molecule has 2 N–H and O–H groups in total. The molecule has 4 nitrogen and oxygen atoms in total. The molecule has 0 aromatic heterocycles. The molecule has 0 aliphatic carbocycles. The zero-order valence-corrected chi connectivity index (χ0v) is 12.1. The van der Waals surface area contributed by atoms with E-state index in [1.807, 2.05) is 4.90 Å². The van der Waals surface area contributed by atoms with E-state index in [4.69, 9.17) is 5.73 Å². The van der Waals surface area contributed by atoms with Crippen LogP contribution >= 0.6 is 0 Å². The first-order valence-electron chi connectivity index (χ1n) is 7.07. The first-order chi connectivity index (χ1) is 9.52. The van der Waals surface area contributed by atoms with Crippen molar-refractivity contribution in [2.45, 2.75) is 25.8 Å². The largest absolute Gasteiger partial charge is 0.396 e. The van der Waals surface area contributed by atoms with Crippen molar-refractivity contribution in [1.82, 2.24) is 9.80 Å². The fourth-order valence-corrected chi connectivity index (χ4v) is 2.69. The van der Waals surface area contributed by atoms with Crippen LogP contribution in [0.4, 0.5) is 10.1 Å². The maximum Gasteiger partial charge on any atom is 0.254 e. The average molecular weight is 279 g/mol. The molecule has 5 heteroatoms. The van der Waals surface area contributed by atoms with Crippen LogP contribution in [-0.4, -0.2) is 48.4 Å². The molecule has 1 aliphatic rings. The lowest BCUT2D eigenvalue weighted by Crippen LogP contribution is -2.43. The van der Waals surface area contributed by atoms with Gasteiger partial charge in [-0.2, -0.15) is 0 Å². The molecule has 1 aliphatic heterocycles. The highest BCUT2D eigenvalue weighted by Gasteiger charge is 2.27. The molecule has 2 rings (SSSR count). The minimum Gasteiger partial charge on any atom is -0.396 e. The summed E-state index contributed by atoms with van der Waals surface area (Å²) in [5.74, 6) is -0.637. The Kier molecular flexibility index (Phi) is 4.60. The predicted molar refractivity (Wildman–Crippen MR) is 78.0 cm³/mol. The average Bonchev–Trinajstić information content (AvgIpc) is 2.62. The Hall–Kier alpha value is -1.62. The highest BCUT2D eigenvalue weighted by molar-refractivity contribution is 5.94. The van der Waals surface area contributed by atoms with Crippen molar-refractivity contribution >= 4 is 11.6 Å². The number of rotatable bonds is 2. The number of hydrogen-bond acceptors (Lipinski definition) is 3. The number of anilines is 1. The van der Waals surface area contributed by atoms with Gasteiger partial charge < -0.3 is 15.5 Å². The molecule has 110 valence electrons. The van der Waals surface area contributed by atoms with Crippen LogP contribution in [0.25, 0.3) is 0 Å². The number of carbonyl (C=O) groups excluding carboxylic acids is 1. The van der Waals surface area contributed by atoms with E-state index in [1.54, 1.807) is 6.07 Å². The van der Waals surface area contributed by atoms with Gasteiger partial charge in [-0.1, -0.05) is 6.92 Å². The Morgan fingerprint density at radius 3 is 2.85 bits per heavy atom. The Morgan fingerprint density at radius 2 is 2.20 bits per heavy atom. The van der Waals surface area contributed by atoms with E-state index >= 15 is 0 Å². The third-order valence-electron chi connectivity index (χ3n) is 3.88. The maximum atomic E-state index is 13.5. The fourth-order valence-electron chi connectivity index (χ4n) is 2.69. The van der Waals surface area contributed by atoms with Crippen LogP contribution in [0.1, 0.15) is 30.1 Å². The summed E-state index contributed by atoms with van der Waals surface area (Å²) in [6.07, 6.45) is 1.84. The summed E-state index contributed by atoms with van der Waals surface area (Å²) in [7, 11) is 2.07. The molecular formula is C15H22FN3O. The molecule has 1 fully saturated rings. The SMILES string of the molecule is CCC1CN(C)CCCN1C(=O)c1ccc(N)c(F)c1. The summed E-state index contributed by atoms with van der Waals surface area (Å²) in [4.78, 5) is 16.7. The maximum absolute atomic E-state index is 13.5. The van der Waals surface area contributed by atoms with Gasteiger partial charge in [-0.25, -0.2) is 4.39 Å². The molecule has 1 unspecified atom stereocenters. The summed E-state index contributed by atoms with van der Waals surface area (Å²) in [5, 5.41) is 0. The van der Waals surface area contributed by atoms with Gasteiger partial charge >= 0.3 is 0 Å². The molecule has 0 bridgehead atoms. The number of nitrogens with zero attached hydrogens (tertiary/aromatic N) is 2. The van der Waals surface area contributed by atoms with Gasteiger partial charge in [0.05, 0.1) is 5.69 Å². The van der Waals surface area contributed by atoms with Crippen LogP contribution in [0, 0.1) is 5.82 Å². The van der Waals surface area contributed by atoms with Crippen molar-refractivity contribution in [3.05, 3.63) is 29.6 Å².